The van der Waals surface area contributed by atoms with Crippen LogP contribution in [0.1, 0.15) is 47.4 Å². The van der Waals surface area contributed by atoms with Gasteiger partial charge in [0, 0.05) is 25.2 Å². The normalized spacial score (nSPS) is 14.7. The largest absolute Gasteiger partial charge is 0.491 e. The summed E-state index contributed by atoms with van der Waals surface area (Å²) < 4.78 is 19.4. The van der Waals surface area contributed by atoms with Crippen LogP contribution in [0.3, 0.4) is 0 Å². The molecule has 1 saturated heterocycles. The van der Waals surface area contributed by atoms with Gasteiger partial charge in [-0.3, -0.25) is 9.59 Å². The highest BCUT2D eigenvalue weighted by molar-refractivity contribution is 5.95. The lowest BCUT2D eigenvalue weighted by Crippen LogP contribution is -2.41. The number of nitrogens with zero attached hydrogens (tertiary/aromatic N) is 1. The topological polar surface area (TPSA) is 58.6 Å². The first-order valence-electron chi connectivity index (χ1n) is 10.0. The first kappa shape index (κ1) is 20.8. The van der Waals surface area contributed by atoms with Gasteiger partial charge in [0.1, 0.15) is 11.6 Å². The van der Waals surface area contributed by atoms with Gasteiger partial charge >= 0.3 is 0 Å². The van der Waals surface area contributed by atoms with Crippen LogP contribution in [0, 0.1) is 11.7 Å². The monoisotopic (exact) mass is 398 g/mol. The van der Waals surface area contributed by atoms with E-state index in [4.69, 9.17) is 4.74 Å². The molecule has 0 aliphatic carbocycles. The molecule has 0 bridgehead atoms. The van der Waals surface area contributed by atoms with E-state index in [0.717, 1.165) is 18.6 Å². The SMILES string of the molecule is CC(C)Oc1ccc(C(=O)NCC2CCN(C(=O)c3ccccc3F)CC2)cc1. The second-order valence-electron chi connectivity index (χ2n) is 7.62. The summed E-state index contributed by atoms with van der Waals surface area (Å²) in [4.78, 5) is 26.5. The molecule has 3 rings (SSSR count). The smallest absolute Gasteiger partial charge is 0.256 e. The van der Waals surface area contributed by atoms with E-state index < -0.39 is 5.82 Å². The molecule has 0 unspecified atom stereocenters. The molecular formula is C23H27FN2O3. The molecule has 154 valence electrons. The van der Waals surface area contributed by atoms with Crippen LogP contribution in [0.5, 0.6) is 5.75 Å². The van der Waals surface area contributed by atoms with Crippen LogP contribution in [-0.2, 0) is 0 Å². The molecule has 1 N–H and O–H groups in total. The van der Waals surface area contributed by atoms with Crippen molar-refractivity contribution < 1.29 is 18.7 Å². The van der Waals surface area contributed by atoms with E-state index in [2.05, 4.69) is 5.32 Å². The molecule has 1 aliphatic heterocycles. The van der Waals surface area contributed by atoms with Crippen molar-refractivity contribution in [2.45, 2.75) is 32.8 Å². The summed E-state index contributed by atoms with van der Waals surface area (Å²) in [6.45, 7) is 5.60. The number of rotatable bonds is 6. The van der Waals surface area contributed by atoms with E-state index in [9.17, 15) is 14.0 Å². The van der Waals surface area contributed by atoms with Gasteiger partial charge in [0.15, 0.2) is 0 Å². The quantitative estimate of drug-likeness (QED) is 0.803. The van der Waals surface area contributed by atoms with Crippen molar-refractivity contribution in [1.82, 2.24) is 10.2 Å². The number of piperidine rings is 1. The zero-order valence-corrected chi connectivity index (χ0v) is 16.9. The van der Waals surface area contributed by atoms with Gasteiger partial charge in [0.2, 0.25) is 0 Å². The maximum atomic E-state index is 13.8. The summed E-state index contributed by atoms with van der Waals surface area (Å²) in [6, 6.07) is 13.2. The standard InChI is InChI=1S/C23H27FN2O3/c1-16(2)29-19-9-7-18(8-10-19)22(27)25-15-17-11-13-26(14-12-17)23(28)20-5-3-4-6-21(20)24/h3-10,16-17H,11-15H2,1-2H3,(H,25,27). The number of hydrogen-bond donors (Lipinski definition) is 1. The van der Waals surface area contributed by atoms with Gasteiger partial charge in [-0.2, -0.15) is 0 Å². The minimum absolute atomic E-state index is 0.0887. The highest BCUT2D eigenvalue weighted by atomic mass is 19.1. The maximum Gasteiger partial charge on any atom is 0.256 e. The van der Waals surface area contributed by atoms with Crippen molar-refractivity contribution in [2.24, 2.45) is 5.92 Å². The fourth-order valence-electron chi connectivity index (χ4n) is 3.44. The van der Waals surface area contributed by atoms with Crippen LogP contribution >= 0.6 is 0 Å². The van der Waals surface area contributed by atoms with E-state index in [1.807, 2.05) is 13.8 Å². The number of carbonyl (C=O) groups excluding carboxylic acids is 2. The molecule has 2 aromatic rings. The molecule has 6 heteroatoms. The van der Waals surface area contributed by atoms with E-state index in [-0.39, 0.29) is 23.5 Å². The fourth-order valence-corrected chi connectivity index (χ4v) is 3.44. The van der Waals surface area contributed by atoms with Crippen molar-refractivity contribution in [3.8, 4) is 5.75 Å². The number of carbonyl (C=O) groups is 2. The average Bonchev–Trinajstić information content (AvgIpc) is 2.72. The molecule has 0 aromatic heterocycles. The summed E-state index contributed by atoms with van der Waals surface area (Å²) in [5.41, 5.74) is 0.706. The van der Waals surface area contributed by atoms with Crippen molar-refractivity contribution >= 4 is 11.8 Å². The number of ether oxygens (including phenoxy) is 1. The van der Waals surface area contributed by atoms with Gasteiger partial charge in [-0.15, -0.1) is 0 Å². The van der Waals surface area contributed by atoms with Crippen LogP contribution in [0.4, 0.5) is 4.39 Å². The number of benzene rings is 2. The molecule has 0 saturated carbocycles. The molecule has 1 aliphatic rings. The van der Waals surface area contributed by atoms with Gasteiger partial charge in [-0.1, -0.05) is 12.1 Å². The van der Waals surface area contributed by atoms with E-state index in [0.29, 0.717) is 31.1 Å². The summed E-state index contributed by atoms with van der Waals surface area (Å²) in [5, 5.41) is 2.97. The summed E-state index contributed by atoms with van der Waals surface area (Å²) in [7, 11) is 0. The van der Waals surface area contributed by atoms with E-state index >= 15 is 0 Å². The Morgan fingerprint density at radius 3 is 2.38 bits per heavy atom. The number of nitrogens with one attached hydrogen (secondary N) is 1. The second kappa shape index (κ2) is 9.54. The van der Waals surface area contributed by atoms with E-state index in [1.165, 1.54) is 12.1 Å². The molecular weight excluding hydrogens is 371 g/mol. The molecule has 0 atom stereocenters. The Balaban J connectivity index is 1.45. The third-order valence-electron chi connectivity index (χ3n) is 5.05. The van der Waals surface area contributed by atoms with Gasteiger partial charge in [0.05, 0.1) is 11.7 Å². The molecule has 29 heavy (non-hydrogen) atoms. The lowest BCUT2D eigenvalue weighted by molar-refractivity contribution is 0.0679. The molecule has 0 radical (unpaired) electrons. The lowest BCUT2D eigenvalue weighted by Gasteiger charge is -2.32. The van der Waals surface area contributed by atoms with Crippen molar-refractivity contribution in [3.63, 3.8) is 0 Å². The molecule has 0 spiro atoms. The molecule has 5 nitrogen and oxygen atoms in total. The minimum atomic E-state index is -0.489. The van der Waals surface area contributed by atoms with Crippen LogP contribution in [0.15, 0.2) is 48.5 Å². The molecule has 1 fully saturated rings. The lowest BCUT2D eigenvalue weighted by atomic mass is 9.96. The molecule has 2 amide bonds. The average molecular weight is 398 g/mol. The summed E-state index contributed by atoms with van der Waals surface area (Å²) in [6.07, 6.45) is 1.65. The molecule has 1 heterocycles. The predicted molar refractivity (Wildman–Crippen MR) is 110 cm³/mol. The van der Waals surface area contributed by atoms with Gasteiger partial charge in [0.25, 0.3) is 11.8 Å². The van der Waals surface area contributed by atoms with Gasteiger partial charge in [-0.25, -0.2) is 4.39 Å². The Bertz CT molecular complexity index is 843. The Morgan fingerprint density at radius 1 is 1.10 bits per heavy atom. The van der Waals surface area contributed by atoms with Crippen LogP contribution in [-0.4, -0.2) is 42.5 Å². The first-order valence-corrected chi connectivity index (χ1v) is 10.0. The van der Waals surface area contributed by atoms with Crippen molar-refractivity contribution in [3.05, 3.63) is 65.5 Å². The highest BCUT2D eigenvalue weighted by Crippen LogP contribution is 2.20. The predicted octanol–water partition coefficient (Wildman–Crippen LogP) is 3.90. The Morgan fingerprint density at radius 2 is 1.76 bits per heavy atom. The van der Waals surface area contributed by atoms with E-state index in [1.54, 1.807) is 41.3 Å². The number of amides is 2. The van der Waals surface area contributed by atoms with Gasteiger partial charge in [-0.05, 0) is 69.0 Å². The Kier molecular flexibility index (Phi) is 6.86. The Hall–Kier alpha value is -2.89. The van der Waals surface area contributed by atoms with Gasteiger partial charge < -0.3 is 15.0 Å². The summed E-state index contributed by atoms with van der Waals surface area (Å²) >= 11 is 0. The minimum Gasteiger partial charge on any atom is -0.491 e. The number of halogens is 1. The first-order chi connectivity index (χ1) is 13.9. The number of hydrogen-bond acceptors (Lipinski definition) is 3. The zero-order chi connectivity index (χ0) is 20.8. The maximum absolute atomic E-state index is 13.8. The number of likely N-dealkylation sites (tertiary alicyclic amines) is 1. The third-order valence-corrected chi connectivity index (χ3v) is 5.05. The van der Waals surface area contributed by atoms with Crippen molar-refractivity contribution in [2.75, 3.05) is 19.6 Å². The van der Waals surface area contributed by atoms with Crippen LogP contribution < -0.4 is 10.1 Å². The van der Waals surface area contributed by atoms with Crippen LogP contribution in [0.25, 0.3) is 0 Å². The second-order valence-corrected chi connectivity index (χ2v) is 7.62. The molecule has 2 aromatic carbocycles. The summed E-state index contributed by atoms with van der Waals surface area (Å²) in [5.74, 6) is 0.160. The zero-order valence-electron chi connectivity index (χ0n) is 16.9. The highest BCUT2D eigenvalue weighted by Gasteiger charge is 2.25. The third kappa shape index (κ3) is 5.56. The van der Waals surface area contributed by atoms with Crippen LogP contribution in [0.2, 0.25) is 0 Å². The fraction of sp³-hybridized carbons (Fsp3) is 0.391. The van der Waals surface area contributed by atoms with Crippen molar-refractivity contribution in [1.29, 1.82) is 0 Å². The Labute approximate surface area is 170 Å².